The number of fused-ring (bicyclic) bond motifs is 1. The topological polar surface area (TPSA) is 89.4 Å². The Morgan fingerprint density at radius 1 is 0.442 bits per heavy atom. The molecule has 0 radical (unpaired) electrons. The number of pyridine rings is 3. The van der Waals surface area contributed by atoms with Crippen molar-refractivity contribution >= 4 is 22.0 Å². The van der Waals surface area contributed by atoms with Crippen LogP contribution in [0.3, 0.4) is 0 Å². The Morgan fingerprint density at radius 2 is 1.04 bits per heavy atom. The summed E-state index contributed by atoms with van der Waals surface area (Å²) in [6, 6.07) is 49.0. The van der Waals surface area contributed by atoms with Crippen molar-refractivity contribution in [3.05, 3.63) is 193 Å². The van der Waals surface area contributed by atoms with Crippen molar-refractivity contribution in [2.75, 3.05) is 0 Å². The Balaban J connectivity index is 1.02. The highest BCUT2D eigenvalue weighted by Crippen LogP contribution is 2.33. The van der Waals surface area contributed by atoms with Gasteiger partial charge in [0.1, 0.15) is 0 Å². The minimum Gasteiger partial charge on any atom is -0.371 e. The summed E-state index contributed by atoms with van der Waals surface area (Å²) in [5, 5.41) is 5.90. The molecule has 0 saturated carbocycles. The Bertz CT molecular complexity index is 2510. The van der Waals surface area contributed by atoms with E-state index in [0.29, 0.717) is 17.5 Å². The molecular weight excluding hydrogens is 639 g/mol. The first-order chi connectivity index (χ1) is 25.7. The monoisotopic (exact) mass is 669 g/mol. The largest absolute Gasteiger partial charge is 0.371 e. The SMILES string of the molecule is C1=C(c2ccc3cc(-c4ccc(-c5nc(-c6ccccc6)nc(-c6ccccc6)n5)cn4)ccc3c2)C=C(c2ccccn2)NC1c1ccccn1. The summed E-state index contributed by atoms with van der Waals surface area (Å²) in [5.41, 5.74) is 9.64. The molecule has 1 aliphatic heterocycles. The maximum absolute atomic E-state index is 4.87. The molecule has 4 aromatic carbocycles. The van der Waals surface area contributed by atoms with Crippen LogP contribution in [0, 0.1) is 0 Å². The van der Waals surface area contributed by atoms with Gasteiger partial charge in [0.2, 0.25) is 0 Å². The molecule has 52 heavy (non-hydrogen) atoms. The van der Waals surface area contributed by atoms with Gasteiger partial charge in [0, 0.05) is 40.8 Å². The molecule has 1 N–H and O–H groups in total. The maximum atomic E-state index is 4.87. The van der Waals surface area contributed by atoms with Crippen LogP contribution in [0.4, 0.5) is 0 Å². The number of benzene rings is 4. The molecule has 5 heterocycles. The van der Waals surface area contributed by atoms with E-state index in [4.69, 9.17) is 19.9 Å². The van der Waals surface area contributed by atoms with Crippen molar-refractivity contribution in [1.29, 1.82) is 0 Å². The average Bonchev–Trinajstić information content (AvgIpc) is 3.24. The third kappa shape index (κ3) is 6.34. The van der Waals surface area contributed by atoms with Gasteiger partial charge in [-0.15, -0.1) is 0 Å². The maximum Gasteiger partial charge on any atom is 0.165 e. The van der Waals surface area contributed by atoms with E-state index in [9.17, 15) is 0 Å². The van der Waals surface area contributed by atoms with Gasteiger partial charge in [-0.05, 0) is 82.6 Å². The highest BCUT2D eigenvalue weighted by atomic mass is 15.0. The van der Waals surface area contributed by atoms with Gasteiger partial charge in [-0.3, -0.25) is 15.0 Å². The van der Waals surface area contributed by atoms with Gasteiger partial charge >= 0.3 is 0 Å². The minimum absolute atomic E-state index is 0.0854. The van der Waals surface area contributed by atoms with Crippen LogP contribution in [0.25, 0.3) is 67.5 Å². The van der Waals surface area contributed by atoms with Crippen molar-refractivity contribution in [3.8, 4) is 45.4 Å². The molecule has 1 aliphatic rings. The number of hydrogen-bond acceptors (Lipinski definition) is 7. The molecule has 0 spiro atoms. The van der Waals surface area contributed by atoms with Crippen molar-refractivity contribution in [3.63, 3.8) is 0 Å². The van der Waals surface area contributed by atoms with Crippen molar-refractivity contribution in [1.82, 2.24) is 35.2 Å². The predicted molar refractivity (Wildman–Crippen MR) is 207 cm³/mol. The summed E-state index contributed by atoms with van der Waals surface area (Å²) < 4.78 is 0. The Kier molecular flexibility index (Phi) is 8.11. The van der Waals surface area contributed by atoms with E-state index in [1.54, 1.807) is 0 Å². The smallest absolute Gasteiger partial charge is 0.165 e. The molecule has 1 unspecified atom stereocenters. The first kappa shape index (κ1) is 30.9. The first-order valence-electron chi connectivity index (χ1n) is 17.1. The number of aromatic nitrogens is 6. The molecule has 7 nitrogen and oxygen atoms in total. The first-order valence-corrected chi connectivity index (χ1v) is 17.1. The summed E-state index contributed by atoms with van der Waals surface area (Å²) >= 11 is 0. The number of nitrogens with one attached hydrogen (secondary N) is 1. The van der Waals surface area contributed by atoms with Crippen LogP contribution in [0.2, 0.25) is 0 Å². The van der Waals surface area contributed by atoms with Crippen molar-refractivity contribution < 1.29 is 0 Å². The van der Waals surface area contributed by atoms with Crippen LogP contribution in [0.1, 0.15) is 23.0 Å². The van der Waals surface area contributed by atoms with Crippen LogP contribution >= 0.6 is 0 Å². The second-order valence-corrected chi connectivity index (χ2v) is 12.5. The van der Waals surface area contributed by atoms with E-state index in [2.05, 4.69) is 63.8 Å². The highest BCUT2D eigenvalue weighted by Gasteiger charge is 2.20. The molecule has 8 aromatic rings. The van der Waals surface area contributed by atoms with Crippen LogP contribution in [-0.2, 0) is 0 Å². The molecule has 1 atom stereocenters. The molecular formula is C45H31N7. The van der Waals surface area contributed by atoms with E-state index in [0.717, 1.165) is 66.9 Å². The number of rotatable bonds is 7. The molecule has 9 rings (SSSR count). The minimum atomic E-state index is -0.0854. The van der Waals surface area contributed by atoms with Gasteiger partial charge in [0.05, 0.1) is 28.8 Å². The lowest BCUT2D eigenvalue weighted by Gasteiger charge is -2.24. The Hall–Kier alpha value is -7.12. The number of hydrogen-bond donors (Lipinski definition) is 1. The van der Waals surface area contributed by atoms with Gasteiger partial charge in [0.15, 0.2) is 17.5 Å². The van der Waals surface area contributed by atoms with E-state index in [1.807, 2.05) is 128 Å². The molecule has 246 valence electrons. The van der Waals surface area contributed by atoms with Gasteiger partial charge in [-0.2, -0.15) is 0 Å². The quantitative estimate of drug-likeness (QED) is 0.181. The second-order valence-electron chi connectivity index (χ2n) is 12.5. The fourth-order valence-electron chi connectivity index (χ4n) is 6.42. The zero-order valence-corrected chi connectivity index (χ0v) is 28.0. The number of allylic oxidation sites excluding steroid dienone is 2. The molecule has 7 heteroatoms. The van der Waals surface area contributed by atoms with Gasteiger partial charge in [-0.25, -0.2) is 15.0 Å². The fraction of sp³-hybridized carbons (Fsp3) is 0.0222. The van der Waals surface area contributed by atoms with Gasteiger partial charge in [0.25, 0.3) is 0 Å². The molecule has 0 saturated heterocycles. The predicted octanol–water partition coefficient (Wildman–Crippen LogP) is 9.65. The van der Waals surface area contributed by atoms with Crippen molar-refractivity contribution in [2.24, 2.45) is 0 Å². The summed E-state index contributed by atoms with van der Waals surface area (Å²) in [4.78, 5) is 28.6. The summed E-state index contributed by atoms with van der Waals surface area (Å²) in [5.74, 6) is 1.83. The summed E-state index contributed by atoms with van der Waals surface area (Å²) in [6.45, 7) is 0. The van der Waals surface area contributed by atoms with Gasteiger partial charge < -0.3 is 5.32 Å². The fourth-order valence-corrected chi connectivity index (χ4v) is 6.42. The van der Waals surface area contributed by atoms with Gasteiger partial charge in [-0.1, -0.05) is 97.1 Å². The lowest BCUT2D eigenvalue weighted by molar-refractivity contribution is 0.736. The lowest BCUT2D eigenvalue weighted by atomic mass is 9.94. The third-order valence-electron chi connectivity index (χ3n) is 9.09. The van der Waals surface area contributed by atoms with E-state index in [1.165, 1.54) is 0 Å². The number of dihydropyridines is 1. The number of nitrogens with zero attached hydrogens (tertiary/aromatic N) is 6. The van der Waals surface area contributed by atoms with Crippen LogP contribution in [0.15, 0.2) is 176 Å². The van der Waals surface area contributed by atoms with E-state index < -0.39 is 0 Å². The molecule has 0 amide bonds. The third-order valence-corrected chi connectivity index (χ3v) is 9.09. The standard InChI is InChI=1S/C45H31N7/c1-3-11-30(12-4-1)43-50-44(31-13-5-2-6-14-31)52-45(51-43)36-21-22-38(48-29-36)35-20-19-32-25-34(18-17-33(32)26-35)37-27-41(39-15-7-9-23-46-39)49-42(28-37)40-16-8-10-24-47-40/h1-29,41,49H. The van der Waals surface area contributed by atoms with Crippen LogP contribution < -0.4 is 5.32 Å². The van der Waals surface area contributed by atoms with E-state index in [-0.39, 0.29) is 6.04 Å². The zero-order valence-electron chi connectivity index (χ0n) is 28.0. The van der Waals surface area contributed by atoms with Crippen molar-refractivity contribution in [2.45, 2.75) is 6.04 Å². The highest BCUT2D eigenvalue weighted by molar-refractivity contribution is 5.93. The van der Waals surface area contributed by atoms with E-state index >= 15 is 0 Å². The van der Waals surface area contributed by atoms with Crippen LogP contribution in [0.5, 0.6) is 0 Å². The normalized spacial score (nSPS) is 14.0. The second kappa shape index (κ2) is 13.7. The lowest BCUT2D eigenvalue weighted by Crippen LogP contribution is -2.23. The molecule has 0 bridgehead atoms. The average molecular weight is 670 g/mol. The summed E-state index contributed by atoms with van der Waals surface area (Å²) in [7, 11) is 0. The Labute approximate surface area is 301 Å². The summed E-state index contributed by atoms with van der Waals surface area (Å²) in [6.07, 6.45) is 9.89. The zero-order chi connectivity index (χ0) is 34.7. The van der Waals surface area contributed by atoms with Crippen LogP contribution in [-0.4, -0.2) is 29.9 Å². The molecule has 0 aliphatic carbocycles. The Morgan fingerprint density at radius 3 is 1.65 bits per heavy atom. The molecule has 4 aromatic heterocycles. The molecule has 0 fully saturated rings.